The van der Waals surface area contributed by atoms with E-state index in [0.717, 1.165) is 23.9 Å². The Kier molecular flexibility index (Phi) is 4.28. The molecule has 3 atom stereocenters. The normalized spacial score (nSPS) is 26.9. The zero-order valence-corrected chi connectivity index (χ0v) is 11.7. The number of alkyl halides is 1. The van der Waals surface area contributed by atoms with E-state index in [1.807, 2.05) is 12.1 Å². The first-order valence-corrected chi connectivity index (χ1v) is 6.96. The predicted octanol–water partition coefficient (Wildman–Crippen LogP) is 4.54. The second-order valence-electron chi connectivity index (χ2n) is 4.22. The molecule has 1 fully saturated rings. The molecule has 0 bridgehead atoms. The Bertz CT molecular complexity index is 356. The number of ether oxygens (including phenoxy) is 1. The Labute approximate surface area is 110 Å². The van der Waals surface area contributed by atoms with Gasteiger partial charge < -0.3 is 4.74 Å². The van der Waals surface area contributed by atoms with Crippen molar-refractivity contribution in [1.82, 2.24) is 0 Å². The average molecular weight is 304 g/mol. The molecule has 0 aromatic heterocycles. The fourth-order valence-corrected chi connectivity index (χ4v) is 2.98. The van der Waals surface area contributed by atoms with E-state index in [1.54, 1.807) is 0 Å². The fourth-order valence-electron chi connectivity index (χ4n) is 2.31. The van der Waals surface area contributed by atoms with Crippen LogP contribution >= 0.6 is 27.5 Å². The lowest BCUT2D eigenvalue weighted by Gasteiger charge is -2.22. The van der Waals surface area contributed by atoms with Crippen LogP contribution < -0.4 is 0 Å². The number of benzene rings is 1. The molecular formula is C13H16BrClO. The zero-order chi connectivity index (χ0) is 11.5. The maximum atomic E-state index is 6.36. The van der Waals surface area contributed by atoms with Crippen molar-refractivity contribution >= 4 is 27.5 Å². The molecule has 2 rings (SSSR count). The molecule has 1 aliphatic rings. The average Bonchev–Trinajstić information content (AvgIpc) is 2.77. The standard InChI is InChI=1S/C13H16BrClO/c1-2-12(15)11-6-7-16-13(11)9-4-3-5-10(14)8-9/h3-5,8,11-13H,2,6-7H2,1H3/t11-,12?,13+/m0/s1. The van der Waals surface area contributed by atoms with Crippen molar-refractivity contribution < 1.29 is 4.74 Å². The summed E-state index contributed by atoms with van der Waals surface area (Å²) in [4.78, 5) is 0. The van der Waals surface area contributed by atoms with Crippen molar-refractivity contribution in [2.24, 2.45) is 5.92 Å². The van der Waals surface area contributed by atoms with Crippen LogP contribution in [0.15, 0.2) is 28.7 Å². The summed E-state index contributed by atoms with van der Waals surface area (Å²) in [7, 11) is 0. The maximum Gasteiger partial charge on any atom is 0.0868 e. The first-order chi connectivity index (χ1) is 7.72. The van der Waals surface area contributed by atoms with Gasteiger partial charge in [-0.05, 0) is 30.5 Å². The molecule has 0 saturated carbocycles. The Morgan fingerprint density at radius 2 is 2.38 bits per heavy atom. The third-order valence-corrected chi connectivity index (χ3v) is 4.29. The van der Waals surface area contributed by atoms with Gasteiger partial charge in [-0.3, -0.25) is 0 Å². The molecule has 88 valence electrons. The number of rotatable bonds is 3. The molecular weight excluding hydrogens is 287 g/mol. The third kappa shape index (κ3) is 2.61. The van der Waals surface area contributed by atoms with Gasteiger partial charge in [-0.1, -0.05) is 35.0 Å². The molecule has 16 heavy (non-hydrogen) atoms. The number of hydrogen-bond acceptors (Lipinski definition) is 1. The number of hydrogen-bond donors (Lipinski definition) is 0. The van der Waals surface area contributed by atoms with E-state index in [4.69, 9.17) is 16.3 Å². The Hall–Kier alpha value is -0.0500. The summed E-state index contributed by atoms with van der Waals surface area (Å²) in [6, 6.07) is 8.33. The van der Waals surface area contributed by atoms with Crippen LogP contribution in [0.1, 0.15) is 31.4 Å². The van der Waals surface area contributed by atoms with Gasteiger partial charge in [0.15, 0.2) is 0 Å². The highest BCUT2D eigenvalue weighted by atomic mass is 79.9. The van der Waals surface area contributed by atoms with Gasteiger partial charge in [0.25, 0.3) is 0 Å². The van der Waals surface area contributed by atoms with Gasteiger partial charge in [0.1, 0.15) is 0 Å². The van der Waals surface area contributed by atoms with E-state index in [9.17, 15) is 0 Å². The van der Waals surface area contributed by atoms with Crippen LogP contribution in [0.3, 0.4) is 0 Å². The predicted molar refractivity (Wildman–Crippen MR) is 70.9 cm³/mol. The Balaban J connectivity index is 2.19. The molecule has 1 nitrogen and oxygen atoms in total. The highest BCUT2D eigenvalue weighted by Crippen LogP contribution is 2.39. The largest absolute Gasteiger partial charge is 0.373 e. The van der Waals surface area contributed by atoms with E-state index in [1.165, 1.54) is 5.56 Å². The van der Waals surface area contributed by atoms with Gasteiger partial charge in [0.05, 0.1) is 6.10 Å². The molecule has 0 amide bonds. The van der Waals surface area contributed by atoms with Crippen molar-refractivity contribution in [2.75, 3.05) is 6.61 Å². The minimum atomic E-state index is 0.167. The van der Waals surface area contributed by atoms with Crippen molar-refractivity contribution in [1.29, 1.82) is 0 Å². The van der Waals surface area contributed by atoms with Crippen molar-refractivity contribution in [3.05, 3.63) is 34.3 Å². The second kappa shape index (κ2) is 5.52. The molecule has 0 N–H and O–H groups in total. The van der Waals surface area contributed by atoms with Gasteiger partial charge in [-0.15, -0.1) is 11.6 Å². The first-order valence-electron chi connectivity index (χ1n) is 5.73. The summed E-state index contributed by atoms with van der Waals surface area (Å²) in [5, 5.41) is 0.214. The molecule has 1 aliphatic heterocycles. The van der Waals surface area contributed by atoms with Crippen LogP contribution in [0.4, 0.5) is 0 Å². The fraction of sp³-hybridized carbons (Fsp3) is 0.538. The van der Waals surface area contributed by atoms with Gasteiger partial charge in [-0.25, -0.2) is 0 Å². The maximum absolute atomic E-state index is 6.36. The summed E-state index contributed by atoms with van der Waals surface area (Å²) >= 11 is 9.86. The molecule has 0 radical (unpaired) electrons. The molecule has 1 saturated heterocycles. The molecule has 3 heteroatoms. The first kappa shape index (κ1) is 12.4. The Morgan fingerprint density at radius 3 is 3.06 bits per heavy atom. The van der Waals surface area contributed by atoms with E-state index < -0.39 is 0 Å². The molecule has 0 spiro atoms. The van der Waals surface area contributed by atoms with Gasteiger partial charge in [0.2, 0.25) is 0 Å². The van der Waals surface area contributed by atoms with E-state index in [-0.39, 0.29) is 11.5 Å². The van der Waals surface area contributed by atoms with E-state index in [2.05, 4.69) is 35.0 Å². The van der Waals surface area contributed by atoms with Crippen LogP contribution in [-0.4, -0.2) is 12.0 Å². The molecule has 1 aromatic rings. The van der Waals surface area contributed by atoms with Crippen LogP contribution in [0, 0.1) is 5.92 Å². The summed E-state index contributed by atoms with van der Waals surface area (Å²) in [6.45, 7) is 2.96. The van der Waals surface area contributed by atoms with Crippen LogP contribution in [0.25, 0.3) is 0 Å². The van der Waals surface area contributed by atoms with Gasteiger partial charge in [0, 0.05) is 22.4 Å². The third-order valence-electron chi connectivity index (χ3n) is 3.17. The summed E-state index contributed by atoms with van der Waals surface area (Å²) in [5.74, 6) is 0.445. The SMILES string of the molecule is CCC(Cl)[C@@H]1CCO[C@@H]1c1cccc(Br)c1. The topological polar surface area (TPSA) is 9.23 Å². The van der Waals surface area contributed by atoms with Crippen LogP contribution in [-0.2, 0) is 4.74 Å². The smallest absolute Gasteiger partial charge is 0.0868 e. The highest BCUT2D eigenvalue weighted by Gasteiger charge is 2.33. The number of halogens is 2. The lowest BCUT2D eigenvalue weighted by atomic mass is 9.91. The molecule has 1 aromatic carbocycles. The lowest BCUT2D eigenvalue weighted by Crippen LogP contribution is -2.18. The summed E-state index contributed by atoms with van der Waals surface area (Å²) in [5.41, 5.74) is 1.23. The van der Waals surface area contributed by atoms with E-state index >= 15 is 0 Å². The molecule has 1 unspecified atom stereocenters. The lowest BCUT2D eigenvalue weighted by molar-refractivity contribution is 0.0894. The van der Waals surface area contributed by atoms with Crippen molar-refractivity contribution in [3.8, 4) is 0 Å². The summed E-state index contributed by atoms with van der Waals surface area (Å²) in [6.07, 6.45) is 2.24. The molecule has 0 aliphatic carbocycles. The molecule has 1 heterocycles. The minimum absolute atomic E-state index is 0.167. The monoisotopic (exact) mass is 302 g/mol. The van der Waals surface area contributed by atoms with Crippen LogP contribution in [0.2, 0.25) is 0 Å². The second-order valence-corrected chi connectivity index (χ2v) is 5.70. The highest BCUT2D eigenvalue weighted by molar-refractivity contribution is 9.10. The minimum Gasteiger partial charge on any atom is -0.373 e. The van der Waals surface area contributed by atoms with E-state index in [0.29, 0.717) is 5.92 Å². The van der Waals surface area contributed by atoms with Crippen molar-refractivity contribution in [2.45, 2.75) is 31.2 Å². The van der Waals surface area contributed by atoms with Gasteiger partial charge in [-0.2, -0.15) is 0 Å². The Morgan fingerprint density at radius 1 is 1.56 bits per heavy atom. The summed E-state index contributed by atoms with van der Waals surface area (Å²) < 4.78 is 6.92. The quantitative estimate of drug-likeness (QED) is 0.745. The van der Waals surface area contributed by atoms with Gasteiger partial charge >= 0.3 is 0 Å². The zero-order valence-electron chi connectivity index (χ0n) is 9.33. The van der Waals surface area contributed by atoms with Crippen molar-refractivity contribution in [3.63, 3.8) is 0 Å². The van der Waals surface area contributed by atoms with Crippen LogP contribution in [0.5, 0.6) is 0 Å².